The number of piperidine rings is 1. The molecule has 0 atom stereocenters. The molecule has 3 rings (SSSR count). The van der Waals surface area contributed by atoms with Gasteiger partial charge in [-0.2, -0.15) is 4.98 Å². The van der Waals surface area contributed by atoms with E-state index in [0.717, 1.165) is 43.0 Å². The molecule has 23 heavy (non-hydrogen) atoms. The maximum atomic E-state index is 12.2. The molecule has 0 aliphatic carbocycles. The highest BCUT2D eigenvalue weighted by Crippen LogP contribution is 2.19. The minimum atomic E-state index is 0.187. The lowest BCUT2D eigenvalue weighted by Gasteiger charge is -2.30. The second kappa shape index (κ2) is 6.94. The third-order valence-electron chi connectivity index (χ3n) is 4.43. The van der Waals surface area contributed by atoms with Crippen LogP contribution in [0.5, 0.6) is 0 Å². The van der Waals surface area contributed by atoms with E-state index < -0.39 is 0 Å². The van der Waals surface area contributed by atoms with E-state index in [4.69, 9.17) is 4.52 Å². The molecule has 1 aromatic carbocycles. The van der Waals surface area contributed by atoms with Gasteiger partial charge in [-0.15, -0.1) is 0 Å². The number of carbonyl (C=O) groups excluding carboxylic acids is 1. The molecule has 0 unspecified atom stereocenters. The Kier molecular flexibility index (Phi) is 4.74. The highest BCUT2D eigenvalue weighted by Gasteiger charge is 2.20. The highest BCUT2D eigenvalue weighted by molar-refractivity contribution is 5.76. The van der Waals surface area contributed by atoms with E-state index in [-0.39, 0.29) is 5.91 Å². The minimum Gasteiger partial charge on any atom is -0.343 e. The number of hydrogen-bond acceptors (Lipinski definition) is 4. The van der Waals surface area contributed by atoms with Crippen molar-refractivity contribution in [3.8, 4) is 11.4 Å². The van der Waals surface area contributed by atoms with Crippen LogP contribution in [-0.2, 0) is 11.2 Å². The van der Waals surface area contributed by atoms with E-state index >= 15 is 0 Å². The van der Waals surface area contributed by atoms with Gasteiger partial charge < -0.3 is 9.42 Å². The predicted molar refractivity (Wildman–Crippen MR) is 87.8 cm³/mol. The van der Waals surface area contributed by atoms with Crippen LogP contribution < -0.4 is 0 Å². The van der Waals surface area contributed by atoms with Crippen LogP contribution in [0.15, 0.2) is 28.8 Å². The van der Waals surface area contributed by atoms with Crippen molar-refractivity contribution in [2.45, 2.75) is 39.5 Å². The largest absolute Gasteiger partial charge is 0.343 e. The van der Waals surface area contributed by atoms with Crippen LogP contribution in [0.25, 0.3) is 11.4 Å². The van der Waals surface area contributed by atoms with Crippen molar-refractivity contribution in [3.63, 3.8) is 0 Å². The standard InChI is InChI=1S/C18H23N3O2/c1-13-8-10-21(11-9-13)17(22)7-6-16-19-18(20-23-16)15-5-3-4-14(2)12-15/h3-5,12-13H,6-11H2,1-2H3. The van der Waals surface area contributed by atoms with E-state index in [1.807, 2.05) is 36.1 Å². The van der Waals surface area contributed by atoms with Gasteiger partial charge in [-0.3, -0.25) is 4.79 Å². The van der Waals surface area contributed by atoms with Crippen LogP contribution in [0.4, 0.5) is 0 Å². The molecule has 1 amide bonds. The molecule has 1 aliphatic rings. The molecule has 0 N–H and O–H groups in total. The Balaban J connectivity index is 1.56. The molecule has 1 aromatic heterocycles. The normalized spacial score (nSPS) is 15.8. The van der Waals surface area contributed by atoms with E-state index in [1.165, 1.54) is 0 Å². The lowest BCUT2D eigenvalue weighted by atomic mass is 9.99. The number of carbonyl (C=O) groups is 1. The minimum absolute atomic E-state index is 0.187. The average molecular weight is 313 g/mol. The Hall–Kier alpha value is -2.17. The zero-order chi connectivity index (χ0) is 16.2. The summed E-state index contributed by atoms with van der Waals surface area (Å²) in [5, 5.41) is 4.02. The van der Waals surface area contributed by atoms with Crippen LogP contribution in [0.1, 0.15) is 37.6 Å². The summed E-state index contributed by atoms with van der Waals surface area (Å²) in [6, 6.07) is 7.99. The van der Waals surface area contributed by atoms with Crippen molar-refractivity contribution in [2.24, 2.45) is 5.92 Å². The first kappa shape index (κ1) is 15.7. The molecule has 5 heteroatoms. The summed E-state index contributed by atoms with van der Waals surface area (Å²) in [5.41, 5.74) is 2.10. The Morgan fingerprint density at radius 2 is 2.13 bits per heavy atom. The number of rotatable bonds is 4. The van der Waals surface area contributed by atoms with Crippen LogP contribution in [0.2, 0.25) is 0 Å². The first-order chi connectivity index (χ1) is 11.1. The first-order valence-corrected chi connectivity index (χ1v) is 8.29. The van der Waals surface area contributed by atoms with E-state index in [2.05, 4.69) is 17.1 Å². The fourth-order valence-corrected chi connectivity index (χ4v) is 2.89. The molecule has 2 aromatic rings. The van der Waals surface area contributed by atoms with Gasteiger partial charge in [0.1, 0.15) is 0 Å². The fourth-order valence-electron chi connectivity index (χ4n) is 2.89. The molecule has 122 valence electrons. The molecule has 0 bridgehead atoms. The number of nitrogens with zero attached hydrogens (tertiary/aromatic N) is 3. The lowest BCUT2D eigenvalue weighted by molar-refractivity contribution is -0.132. The summed E-state index contributed by atoms with van der Waals surface area (Å²) < 4.78 is 5.28. The summed E-state index contributed by atoms with van der Waals surface area (Å²) in [5.74, 6) is 2.03. The number of aryl methyl sites for hydroxylation is 2. The molecule has 1 saturated heterocycles. The number of aromatic nitrogens is 2. The van der Waals surface area contributed by atoms with Crippen LogP contribution in [0.3, 0.4) is 0 Å². The second-order valence-electron chi connectivity index (χ2n) is 6.44. The van der Waals surface area contributed by atoms with Crippen LogP contribution >= 0.6 is 0 Å². The zero-order valence-corrected chi connectivity index (χ0v) is 13.8. The van der Waals surface area contributed by atoms with Gasteiger partial charge in [0.15, 0.2) is 0 Å². The van der Waals surface area contributed by atoms with Crippen LogP contribution in [-0.4, -0.2) is 34.0 Å². The maximum Gasteiger partial charge on any atom is 0.227 e. The Labute approximate surface area is 136 Å². The zero-order valence-electron chi connectivity index (χ0n) is 13.8. The Morgan fingerprint density at radius 1 is 1.35 bits per heavy atom. The van der Waals surface area contributed by atoms with Gasteiger partial charge in [0, 0.05) is 31.5 Å². The van der Waals surface area contributed by atoms with Gasteiger partial charge in [0.05, 0.1) is 0 Å². The van der Waals surface area contributed by atoms with Gasteiger partial charge in [-0.1, -0.05) is 35.8 Å². The third-order valence-corrected chi connectivity index (χ3v) is 4.43. The highest BCUT2D eigenvalue weighted by atomic mass is 16.5. The van der Waals surface area contributed by atoms with Gasteiger partial charge >= 0.3 is 0 Å². The SMILES string of the molecule is Cc1cccc(-c2noc(CCC(=O)N3CCC(C)CC3)n2)c1. The van der Waals surface area contributed by atoms with Crippen molar-refractivity contribution in [2.75, 3.05) is 13.1 Å². The van der Waals surface area contributed by atoms with E-state index in [9.17, 15) is 4.79 Å². The molecule has 0 radical (unpaired) electrons. The predicted octanol–water partition coefficient (Wildman–Crippen LogP) is 3.24. The summed E-state index contributed by atoms with van der Waals surface area (Å²) >= 11 is 0. The molecule has 2 heterocycles. The number of benzene rings is 1. The molecule has 0 saturated carbocycles. The number of hydrogen-bond donors (Lipinski definition) is 0. The van der Waals surface area contributed by atoms with Gasteiger partial charge in [-0.05, 0) is 31.7 Å². The lowest BCUT2D eigenvalue weighted by Crippen LogP contribution is -2.38. The van der Waals surface area contributed by atoms with Crippen molar-refractivity contribution in [1.29, 1.82) is 0 Å². The fraction of sp³-hybridized carbons (Fsp3) is 0.500. The molecule has 1 aliphatic heterocycles. The second-order valence-corrected chi connectivity index (χ2v) is 6.44. The topological polar surface area (TPSA) is 59.2 Å². The van der Waals surface area contributed by atoms with Gasteiger partial charge in [-0.25, -0.2) is 0 Å². The van der Waals surface area contributed by atoms with Crippen molar-refractivity contribution < 1.29 is 9.32 Å². The van der Waals surface area contributed by atoms with Gasteiger partial charge in [0.2, 0.25) is 17.6 Å². The van der Waals surface area contributed by atoms with Crippen molar-refractivity contribution >= 4 is 5.91 Å². The molecule has 1 fully saturated rings. The molecule has 0 spiro atoms. The first-order valence-electron chi connectivity index (χ1n) is 8.29. The van der Waals surface area contributed by atoms with Gasteiger partial charge in [0.25, 0.3) is 0 Å². The van der Waals surface area contributed by atoms with Crippen molar-refractivity contribution in [3.05, 3.63) is 35.7 Å². The molecule has 5 nitrogen and oxygen atoms in total. The quantitative estimate of drug-likeness (QED) is 0.869. The summed E-state index contributed by atoms with van der Waals surface area (Å²) in [6.45, 7) is 6.02. The van der Waals surface area contributed by atoms with E-state index in [0.29, 0.717) is 24.6 Å². The summed E-state index contributed by atoms with van der Waals surface area (Å²) in [4.78, 5) is 18.6. The molecular weight excluding hydrogens is 290 g/mol. The number of likely N-dealkylation sites (tertiary alicyclic amines) is 1. The maximum absolute atomic E-state index is 12.2. The molecular formula is C18H23N3O2. The summed E-state index contributed by atoms with van der Waals surface area (Å²) in [6.07, 6.45) is 3.14. The summed E-state index contributed by atoms with van der Waals surface area (Å²) in [7, 11) is 0. The van der Waals surface area contributed by atoms with E-state index in [1.54, 1.807) is 0 Å². The van der Waals surface area contributed by atoms with Crippen LogP contribution in [0, 0.1) is 12.8 Å². The van der Waals surface area contributed by atoms with Crippen molar-refractivity contribution in [1.82, 2.24) is 15.0 Å². The number of amides is 1. The Bertz CT molecular complexity index is 672. The third kappa shape index (κ3) is 3.97. The average Bonchev–Trinajstić information content (AvgIpc) is 3.02. The monoisotopic (exact) mass is 313 g/mol. The Morgan fingerprint density at radius 3 is 2.87 bits per heavy atom. The smallest absolute Gasteiger partial charge is 0.227 e.